The Morgan fingerprint density at radius 3 is 2.85 bits per heavy atom. The summed E-state index contributed by atoms with van der Waals surface area (Å²) in [6.45, 7) is 3.19. The first-order valence-corrected chi connectivity index (χ1v) is 8.23. The minimum absolute atomic E-state index is 0.0519. The summed E-state index contributed by atoms with van der Waals surface area (Å²) in [5.74, 6) is 0.800. The Morgan fingerprint density at radius 1 is 1.40 bits per heavy atom. The van der Waals surface area contributed by atoms with Crippen molar-refractivity contribution in [2.24, 2.45) is 0 Å². The van der Waals surface area contributed by atoms with E-state index in [2.05, 4.69) is 31.0 Å². The number of furan rings is 1. The topological polar surface area (TPSA) is 84.2 Å². The van der Waals surface area contributed by atoms with E-state index in [4.69, 9.17) is 4.42 Å². The second kappa shape index (κ2) is 6.38. The molecule has 0 aliphatic carbocycles. The van der Waals surface area contributed by atoms with E-state index >= 15 is 0 Å². The molecular formula is C12H14BrN3O3S. The predicted molar refractivity (Wildman–Crippen MR) is 78.8 cm³/mol. The van der Waals surface area contributed by atoms with Gasteiger partial charge in [0.05, 0.1) is 6.54 Å². The van der Waals surface area contributed by atoms with E-state index in [9.17, 15) is 8.42 Å². The molecule has 0 aliphatic heterocycles. The van der Waals surface area contributed by atoms with E-state index < -0.39 is 10.0 Å². The number of sulfonamides is 1. The van der Waals surface area contributed by atoms with Gasteiger partial charge in [0.1, 0.15) is 16.5 Å². The summed E-state index contributed by atoms with van der Waals surface area (Å²) in [6, 6.07) is 6.47. The molecule has 0 atom stereocenters. The second-order valence-corrected chi connectivity index (χ2v) is 6.32. The molecule has 2 N–H and O–H groups in total. The summed E-state index contributed by atoms with van der Waals surface area (Å²) in [7, 11) is -3.73. The zero-order valence-electron chi connectivity index (χ0n) is 10.8. The lowest BCUT2D eigenvalue weighted by Crippen LogP contribution is -2.14. The zero-order chi connectivity index (χ0) is 14.6. The molecule has 0 amide bonds. The Balaban J connectivity index is 2.23. The van der Waals surface area contributed by atoms with Crippen molar-refractivity contribution < 1.29 is 12.8 Å². The fourth-order valence-electron chi connectivity index (χ4n) is 1.53. The Hall–Kier alpha value is -1.38. The van der Waals surface area contributed by atoms with Crippen LogP contribution in [0.15, 0.2) is 44.4 Å². The van der Waals surface area contributed by atoms with Crippen molar-refractivity contribution in [2.45, 2.75) is 18.4 Å². The van der Waals surface area contributed by atoms with E-state index in [0.717, 1.165) is 6.54 Å². The normalized spacial score (nSPS) is 11.5. The van der Waals surface area contributed by atoms with Crippen molar-refractivity contribution >= 4 is 31.8 Å². The summed E-state index contributed by atoms with van der Waals surface area (Å²) >= 11 is 3.12. The number of pyridine rings is 1. The number of nitrogens with one attached hydrogen (secondary N) is 2. The van der Waals surface area contributed by atoms with Gasteiger partial charge >= 0.3 is 0 Å². The highest BCUT2D eigenvalue weighted by molar-refractivity contribution is 9.10. The largest absolute Gasteiger partial charge is 0.451 e. The average molecular weight is 360 g/mol. The van der Waals surface area contributed by atoms with Crippen LogP contribution >= 0.6 is 15.9 Å². The van der Waals surface area contributed by atoms with Crippen LogP contribution in [0.3, 0.4) is 0 Å². The molecule has 108 valence electrons. The molecule has 0 aliphatic rings. The molecule has 0 bridgehead atoms. The van der Waals surface area contributed by atoms with Crippen LogP contribution in [0.2, 0.25) is 0 Å². The fourth-order valence-corrected chi connectivity index (χ4v) is 3.54. The van der Waals surface area contributed by atoms with Gasteiger partial charge in [0.15, 0.2) is 4.67 Å². The standard InChI is InChI=1S/C12H14BrN3O3S/c1-2-14-8-9-7-10(12(13)19-9)20(17,18)16-11-5-3-4-6-15-11/h3-7,14H,2,8H2,1H3,(H,15,16). The minimum Gasteiger partial charge on any atom is -0.451 e. The Labute approximate surface area is 125 Å². The van der Waals surface area contributed by atoms with Crippen LogP contribution in [-0.4, -0.2) is 19.9 Å². The maximum atomic E-state index is 12.2. The fraction of sp³-hybridized carbons (Fsp3) is 0.250. The lowest BCUT2D eigenvalue weighted by Gasteiger charge is -2.04. The predicted octanol–water partition coefficient (Wildman–Crippen LogP) is 2.35. The number of halogens is 1. The van der Waals surface area contributed by atoms with Crippen molar-refractivity contribution in [3.8, 4) is 0 Å². The first-order chi connectivity index (χ1) is 9.53. The molecule has 0 unspecified atom stereocenters. The van der Waals surface area contributed by atoms with Gasteiger partial charge in [-0.1, -0.05) is 13.0 Å². The van der Waals surface area contributed by atoms with Gasteiger partial charge in [-0.05, 0) is 34.6 Å². The summed E-state index contributed by atoms with van der Waals surface area (Å²) in [5.41, 5.74) is 0. The monoisotopic (exact) mass is 359 g/mol. The third-order valence-electron chi connectivity index (χ3n) is 2.45. The van der Waals surface area contributed by atoms with Gasteiger partial charge in [-0.25, -0.2) is 13.4 Å². The quantitative estimate of drug-likeness (QED) is 0.826. The van der Waals surface area contributed by atoms with Crippen molar-refractivity contribution in [1.29, 1.82) is 0 Å². The number of rotatable bonds is 6. The van der Waals surface area contributed by atoms with Gasteiger partial charge in [0.25, 0.3) is 10.0 Å². The van der Waals surface area contributed by atoms with Gasteiger partial charge in [0.2, 0.25) is 0 Å². The van der Waals surface area contributed by atoms with Gasteiger partial charge < -0.3 is 9.73 Å². The Morgan fingerprint density at radius 2 is 2.20 bits per heavy atom. The van der Waals surface area contributed by atoms with Crippen LogP contribution in [0.4, 0.5) is 5.82 Å². The maximum Gasteiger partial charge on any atom is 0.267 e. The van der Waals surface area contributed by atoms with Gasteiger partial charge in [-0.15, -0.1) is 0 Å². The van der Waals surface area contributed by atoms with Gasteiger partial charge in [0, 0.05) is 12.3 Å². The van der Waals surface area contributed by atoms with Crippen LogP contribution < -0.4 is 10.0 Å². The maximum absolute atomic E-state index is 12.2. The molecule has 20 heavy (non-hydrogen) atoms. The molecule has 2 rings (SSSR count). The number of anilines is 1. The van der Waals surface area contributed by atoms with Crippen LogP contribution in [-0.2, 0) is 16.6 Å². The van der Waals surface area contributed by atoms with Crippen LogP contribution in [0.5, 0.6) is 0 Å². The summed E-state index contributed by atoms with van der Waals surface area (Å²) in [4.78, 5) is 3.98. The summed E-state index contributed by atoms with van der Waals surface area (Å²) in [5, 5.41) is 3.06. The number of hydrogen-bond donors (Lipinski definition) is 2. The van der Waals surface area contributed by atoms with E-state index in [1.807, 2.05) is 6.92 Å². The zero-order valence-corrected chi connectivity index (χ0v) is 13.2. The molecular weight excluding hydrogens is 346 g/mol. The van der Waals surface area contributed by atoms with Crippen LogP contribution in [0, 0.1) is 0 Å². The lowest BCUT2D eigenvalue weighted by molar-refractivity contribution is 0.464. The molecule has 0 saturated carbocycles. The molecule has 2 heterocycles. The van der Waals surface area contributed by atoms with Crippen LogP contribution in [0.1, 0.15) is 12.7 Å². The molecule has 2 aromatic rings. The first kappa shape index (κ1) is 15.0. The third-order valence-corrected chi connectivity index (χ3v) is 4.66. The van der Waals surface area contributed by atoms with E-state index in [0.29, 0.717) is 12.3 Å². The molecule has 0 fully saturated rings. The first-order valence-electron chi connectivity index (χ1n) is 5.95. The smallest absolute Gasteiger partial charge is 0.267 e. The Bertz CT molecular complexity index is 671. The number of aromatic nitrogens is 1. The molecule has 0 radical (unpaired) electrons. The summed E-state index contributed by atoms with van der Waals surface area (Å²) < 4.78 is 32.4. The lowest BCUT2D eigenvalue weighted by atomic mass is 10.4. The minimum atomic E-state index is -3.73. The molecule has 0 spiro atoms. The van der Waals surface area contributed by atoms with Crippen molar-refractivity contribution in [3.05, 3.63) is 40.9 Å². The van der Waals surface area contributed by atoms with E-state index in [1.54, 1.807) is 18.2 Å². The van der Waals surface area contributed by atoms with Gasteiger partial charge in [-0.2, -0.15) is 0 Å². The Kier molecular flexibility index (Phi) is 4.79. The summed E-state index contributed by atoms with van der Waals surface area (Å²) in [6.07, 6.45) is 1.51. The average Bonchev–Trinajstić information content (AvgIpc) is 2.79. The SMILES string of the molecule is CCNCc1cc(S(=O)(=O)Nc2ccccn2)c(Br)o1. The van der Waals surface area contributed by atoms with Gasteiger partial charge in [-0.3, -0.25) is 4.72 Å². The molecule has 0 aromatic carbocycles. The molecule has 8 heteroatoms. The molecule has 2 aromatic heterocycles. The highest BCUT2D eigenvalue weighted by Gasteiger charge is 2.22. The van der Waals surface area contributed by atoms with Crippen molar-refractivity contribution in [1.82, 2.24) is 10.3 Å². The number of hydrogen-bond acceptors (Lipinski definition) is 5. The van der Waals surface area contributed by atoms with Crippen molar-refractivity contribution in [2.75, 3.05) is 11.3 Å². The molecule has 6 nitrogen and oxygen atoms in total. The van der Waals surface area contributed by atoms with Crippen LogP contribution in [0.25, 0.3) is 0 Å². The van der Waals surface area contributed by atoms with E-state index in [1.165, 1.54) is 12.3 Å². The number of nitrogens with zero attached hydrogens (tertiary/aromatic N) is 1. The second-order valence-electron chi connectivity index (χ2n) is 3.95. The highest BCUT2D eigenvalue weighted by atomic mass is 79.9. The van der Waals surface area contributed by atoms with E-state index in [-0.39, 0.29) is 15.4 Å². The third kappa shape index (κ3) is 3.59. The van der Waals surface area contributed by atoms with Crippen molar-refractivity contribution in [3.63, 3.8) is 0 Å². The highest BCUT2D eigenvalue weighted by Crippen LogP contribution is 2.27. The molecule has 0 saturated heterocycles.